The van der Waals surface area contributed by atoms with E-state index in [0.717, 1.165) is 10.9 Å². The fourth-order valence-electron chi connectivity index (χ4n) is 2.90. The van der Waals surface area contributed by atoms with E-state index < -0.39 is 0 Å². The van der Waals surface area contributed by atoms with E-state index in [0.29, 0.717) is 0 Å². The third-order valence-corrected chi connectivity index (χ3v) is 4.09. The zero-order valence-corrected chi connectivity index (χ0v) is 14.4. The van der Waals surface area contributed by atoms with Crippen LogP contribution in [-0.2, 0) is 10.8 Å². The second-order valence-electron chi connectivity index (χ2n) is 8.15. The molecule has 0 saturated heterocycles. The Morgan fingerprint density at radius 3 is 2.14 bits per heavy atom. The molecule has 22 heavy (non-hydrogen) atoms. The summed E-state index contributed by atoms with van der Waals surface area (Å²) < 4.78 is 0. The van der Waals surface area contributed by atoms with Crippen LogP contribution in [0.1, 0.15) is 52.8 Å². The SMILES string of the molecule is CC(C)(C)c1cc2cc3ccncc3cc2nc1C(C)(C)C. The first kappa shape index (κ1) is 15.0. The minimum Gasteiger partial charge on any atom is -0.264 e. The van der Waals surface area contributed by atoms with E-state index >= 15 is 0 Å². The second-order valence-corrected chi connectivity index (χ2v) is 8.15. The minimum absolute atomic E-state index is 0.0285. The third kappa shape index (κ3) is 2.58. The predicted molar refractivity (Wildman–Crippen MR) is 94.4 cm³/mol. The molecule has 2 heteroatoms. The molecule has 0 atom stereocenters. The quantitative estimate of drug-likeness (QED) is 0.520. The highest BCUT2D eigenvalue weighted by Gasteiger charge is 2.27. The molecule has 2 aromatic heterocycles. The summed E-state index contributed by atoms with van der Waals surface area (Å²) in [6, 6.07) is 8.76. The van der Waals surface area contributed by atoms with Gasteiger partial charge in [0.05, 0.1) is 11.2 Å². The van der Waals surface area contributed by atoms with E-state index in [9.17, 15) is 0 Å². The Bertz CT molecular complexity index is 777. The average molecular weight is 292 g/mol. The number of nitrogens with zero attached hydrogens (tertiary/aromatic N) is 2. The summed E-state index contributed by atoms with van der Waals surface area (Å²) in [5.74, 6) is 0. The number of hydrogen-bond acceptors (Lipinski definition) is 2. The topological polar surface area (TPSA) is 25.8 Å². The maximum absolute atomic E-state index is 5.04. The van der Waals surface area contributed by atoms with Crippen LogP contribution < -0.4 is 0 Å². The molecule has 0 aliphatic carbocycles. The third-order valence-electron chi connectivity index (χ3n) is 4.09. The number of aromatic nitrogens is 2. The van der Waals surface area contributed by atoms with Crippen LogP contribution >= 0.6 is 0 Å². The summed E-state index contributed by atoms with van der Waals surface area (Å²) in [5.41, 5.74) is 3.69. The van der Waals surface area contributed by atoms with Crippen molar-refractivity contribution in [1.29, 1.82) is 0 Å². The lowest BCUT2D eigenvalue weighted by Crippen LogP contribution is -2.23. The summed E-state index contributed by atoms with van der Waals surface area (Å²) >= 11 is 0. The zero-order chi connectivity index (χ0) is 16.1. The van der Waals surface area contributed by atoms with Crippen LogP contribution in [0.4, 0.5) is 0 Å². The molecule has 0 N–H and O–H groups in total. The second kappa shape index (κ2) is 4.77. The van der Waals surface area contributed by atoms with Gasteiger partial charge in [-0.25, -0.2) is 0 Å². The summed E-state index contributed by atoms with van der Waals surface area (Å²) in [7, 11) is 0. The van der Waals surface area contributed by atoms with Gasteiger partial charge in [-0.2, -0.15) is 0 Å². The van der Waals surface area contributed by atoms with Crippen LogP contribution in [0, 0.1) is 0 Å². The summed E-state index contributed by atoms with van der Waals surface area (Å²) in [4.78, 5) is 9.26. The number of pyridine rings is 2. The molecule has 114 valence electrons. The van der Waals surface area contributed by atoms with E-state index in [4.69, 9.17) is 4.98 Å². The van der Waals surface area contributed by atoms with E-state index in [1.54, 1.807) is 0 Å². The Hall–Kier alpha value is -1.96. The van der Waals surface area contributed by atoms with Crippen LogP contribution in [-0.4, -0.2) is 9.97 Å². The predicted octanol–water partition coefficient (Wildman–Crippen LogP) is 5.38. The molecule has 3 aromatic rings. The highest BCUT2D eigenvalue weighted by atomic mass is 14.7. The highest BCUT2D eigenvalue weighted by molar-refractivity contribution is 5.96. The fourth-order valence-corrected chi connectivity index (χ4v) is 2.90. The molecule has 0 bridgehead atoms. The monoisotopic (exact) mass is 292 g/mol. The minimum atomic E-state index is 0.0285. The maximum atomic E-state index is 5.04. The molecule has 2 nitrogen and oxygen atoms in total. The summed E-state index contributed by atoms with van der Waals surface area (Å²) in [6.45, 7) is 13.5. The van der Waals surface area contributed by atoms with Gasteiger partial charge in [-0.3, -0.25) is 9.97 Å². The van der Waals surface area contributed by atoms with Crippen molar-refractivity contribution in [3.63, 3.8) is 0 Å². The van der Waals surface area contributed by atoms with Crippen molar-refractivity contribution in [3.05, 3.63) is 47.9 Å². The largest absolute Gasteiger partial charge is 0.264 e. The van der Waals surface area contributed by atoms with Crippen molar-refractivity contribution in [2.75, 3.05) is 0 Å². The molecule has 0 amide bonds. The highest BCUT2D eigenvalue weighted by Crippen LogP contribution is 2.35. The van der Waals surface area contributed by atoms with Crippen LogP contribution in [0.15, 0.2) is 36.7 Å². The standard InChI is InChI=1S/C20H24N2/c1-19(2,3)16-10-14-9-13-7-8-21-12-15(13)11-17(14)22-18(16)20(4,5)6/h7-12H,1-6H3. The van der Waals surface area contributed by atoms with Gasteiger partial charge in [0, 0.05) is 28.6 Å². The number of rotatable bonds is 0. The van der Waals surface area contributed by atoms with Crippen molar-refractivity contribution in [2.24, 2.45) is 0 Å². The summed E-state index contributed by atoms with van der Waals surface area (Å²) in [6.07, 6.45) is 3.75. The molecule has 2 heterocycles. The number of benzene rings is 1. The Labute approximate surface area is 132 Å². The molecule has 0 fully saturated rings. The van der Waals surface area contributed by atoms with Gasteiger partial charge >= 0.3 is 0 Å². The van der Waals surface area contributed by atoms with Crippen LogP contribution in [0.5, 0.6) is 0 Å². The van der Waals surface area contributed by atoms with Gasteiger partial charge in [-0.05, 0) is 40.6 Å². The Morgan fingerprint density at radius 1 is 0.773 bits per heavy atom. The van der Waals surface area contributed by atoms with E-state index in [1.165, 1.54) is 22.0 Å². The van der Waals surface area contributed by atoms with E-state index in [2.05, 4.69) is 70.8 Å². The summed E-state index contributed by atoms with van der Waals surface area (Å²) in [5, 5.41) is 3.56. The van der Waals surface area contributed by atoms with E-state index in [-0.39, 0.29) is 10.8 Å². The van der Waals surface area contributed by atoms with E-state index in [1.807, 2.05) is 12.4 Å². The first-order chi connectivity index (χ1) is 10.2. The molecule has 0 saturated carbocycles. The molecule has 0 radical (unpaired) electrons. The van der Waals surface area contributed by atoms with Gasteiger partial charge in [0.2, 0.25) is 0 Å². The molecule has 0 aliphatic heterocycles. The zero-order valence-electron chi connectivity index (χ0n) is 14.4. The van der Waals surface area contributed by atoms with Crippen molar-refractivity contribution >= 4 is 21.7 Å². The molecule has 0 aliphatic rings. The Balaban J connectivity index is 2.40. The molecule has 0 spiro atoms. The van der Waals surface area contributed by atoms with Gasteiger partial charge in [0.15, 0.2) is 0 Å². The molecule has 3 rings (SSSR count). The molecule has 0 unspecified atom stereocenters. The Kier molecular flexibility index (Phi) is 3.24. The Morgan fingerprint density at radius 2 is 1.50 bits per heavy atom. The molecular weight excluding hydrogens is 268 g/mol. The maximum Gasteiger partial charge on any atom is 0.0712 e. The smallest absolute Gasteiger partial charge is 0.0712 e. The van der Waals surface area contributed by atoms with Crippen LogP contribution in [0.25, 0.3) is 21.7 Å². The van der Waals surface area contributed by atoms with Gasteiger partial charge in [-0.15, -0.1) is 0 Å². The number of hydrogen-bond donors (Lipinski definition) is 0. The van der Waals surface area contributed by atoms with Crippen LogP contribution in [0.2, 0.25) is 0 Å². The first-order valence-electron chi connectivity index (χ1n) is 7.86. The van der Waals surface area contributed by atoms with Crippen molar-refractivity contribution in [3.8, 4) is 0 Å². The van der Waals surface area contributed by atoms with Gasteiger partial charge in [0.25, 0.3) is 0 Å². The van der Waals surface area contributed by atoms with Gasteiger partial charge in [-0.1, -0.05) is 41.5 Å². The van der Waals surface area contributed by atoms with Crippen LogP contribution in [0.3, 0.4) is 0 Å². The molecule has 1 aromatic carbocycles. The fraction of sp³-hybridized carbons (Fsp3) is 0.400. The lowest BCUT2D eigenvalue weighted by atomic mass is 9.78. The van der Waals surface area contributed by atoms with Gasteiger partial charge < -0.3 is 0 Å². The lowest BCUT2D eigenvalue weighted by molar-refractivity contribution is 0.517. The first-order valence-corrected chi connectivity index (χ1v) is 7.86. The van der Waals surface area contributed by atoms with Crippen molar-refractivity contribution in [2.45, 2.75) is 52.4 Å². The van der Waals surface area contributed by atoms with Crippen molar-refractivity contribution in [1.82, 2.24) is 9.97 Å². The van der Waals surface area contributed by atoms with Gasteiger partial charge in [0.1, 0.15) is 0 Å². The van der Waals surface area contributed by atoms with Crippen molar-refractivity contribution < 1.29 is 0 Å². The average Bonchev–Trinajstić information content (AvgIpc) is 2.41. The number of fused-ring (bicyclic) bond motifs is 2. The molecular formula is C20H24N2. The lowest BCUT2D eigenvalue weighted by Gasteiger charge is -2.29. The normalized spacial score (nSPS) is 13.0.